The zero-order chi connectivity index (χ0) is 8.32. The lowest BCUT2D eigenvalue weighted by Gasteiger charge is -2.17. The fourth-order valence-electron chi connectivity index (χ4n) is 1.52. The fourth-order valence-corrected chi connectivity index (χ4v) is 1.52. The van der Waals surface area contributed by atoms with E-state index < -0.39 is 5.60 Å². The Morgan fingerprint density at radius 1 is 1.55 bits per heavy atom. The van der Waals surface area contributed by atoms with Crippen LogP contribution in [0.25, 0.3) is 0 Å². The highest BCUT2D eigenvalue weighted by molar-refractivity contribution is 4.85. The molecule has 3 heteroatoms. The zero-order valence-electron chi connectivity index (χ0n) is 7.08. The van der Waals surface area contributed by atoms with Gasteiger partial charge in [0.05, 0.1) is 5.60 Å². The number of hydrogen-bond donors (Lipinski definition) is 2. The van der Waals surface area contributed by atoms with E-state index in [1.807, 2.05) is 6.92 Å². The molecule has 3 nitrogen and oxygen atoms in total. The highest BCUT2D eigenvalue weighted by atomic mass is 16.3. The quantitative estimate of drug-likeness (QED) is 0.600. The van der Waals surface area contributed by atoms with Gasteiger partial charge in [-0.15, -0.1) is 0 Å². The Balaban J connectivity index is 2.20. The predicted octanol–water partition coefficient (Wildman–Crippen LogP) is -0.175. The molecule has 2 N–H and O–H groups in total. The van der Waals surface area contributed by atoms with Gasteiger partial charge in [0.15, 0.2) is 0 Å². The van der Waals surface area contributed by atoms with Crippen molar-refractivity contribution in [2.75, 3.05) is 26.2 Å². The Morgan fingerprint density at radius 2 is 2.27 bits per heavy atom. The SMILES string of the molecule is CC1(O)CCN(CCCO)C1. The average Bonchev–Trinajstić information content (AvgIpc) is 2.26. The molecule has 11 heavy (non-hydrogen) atoms. The van der Waals surface area contributed by atoms with E-state index in [2.05, 4.69) is 4.90 Å². The van der Waals surface area contributed by atoms with Crippen LogP contribution in [0.5, 0.6) is 0 Å². The van der Waals surface area contributed by atoms with Crippen molar-refractivity contribution in [3.63, 3.8) is 0 Å². The number of hydrogen-bond acceptors (Lipinski definition) is 3. The van der Waals surface area contributed by atoms with Crippen LogP contribution in [0.4, 0.5) is 0 Å². The van der Waals surface area contributed by atoms with E-state index >= 15 is 0 Å². The minimum Gasteiger partial charge on any atom is -0.396 e. The van der Waals surface area contributed by atoms with Crippen LogP contribution < -0.4 is 0 Å². The molecule has 0 radical (unpaired) electrons. The van der Waals surface area contributed by atoms with Crippen molar-refractivity contribution < 1.29 is 10.2 Å². The molecule has 0 aromatic rings. The second-order valence-corrected chi connectivity index (χ2v) is 3.60. The number of β-amino-alcohol motifs (C(OH)–C–C–N with tert-alkyl or cyclic N) is 1. The van der Waals surface area contributed by atoms with Crippen molar-refractivity contribution in [2.24, 2.45) is 0 Å². The van der Waals surface area contributed by atoms with Crippen LogP contribution in [-0.4, -0.2) is 47.0 Å². The lowest BCUT2D eigenvalue weighted by molar-refractivity contribution is 0.0679. The van der Waals surface area contributed by atoms with Crippen molar-refractivity contribution in [3.05, 3.63) is 0 Å². The van der Waals surface area contributed by atoms with Gasteiger partial charge in [-0.3, -0.25) is 0 Å². The Kier molecular flexibility index (Phi) is 2.87. The summed E-state index contributed by atoms with van der Waals surface area (Å²) >= 11 is 0. The minimum atomic E-state index is -0.491. The third-order valence-corrected chi connectivity index (χ3v) is 2.16. The summed E-state index contributed by atoms with van der Waals surface area (Å²) in [6.45, 7) is 4.75. The maximum absolute atomic E-state index is 9.56. The first-order valence-corrected chi connectivity index (χ1v) is 4.20. The normalized spacial score (nSPS) is 33.0. The lowest BCUT2D eigenvalue weighted by Crippen LogP contribution is -2.30. The summed E-state index contributed by atoms with van der Waals surface area (Å²) < 4.78 is 0. The third-order valence-electron chi connectivity index (χ3n) is 2.16. The summed E-state index contributed by atoms with van der Waals surface area (Å²) in [5.41, 5.74) is -0.491. The maximum atomic E-state index is 9.56. The van der Waals surface area contributed by atoms with E-state index in [-0.39, 0.29) is 6.61 Å². The van der Waals surface area contributed by atoms with Gasteiger partial charge in [-0.2, -0.15) is 0 Å². The molecule has 0 aromatic carbocycles. The molecular weight excluding hydrogens is 142 g/mol. The van der Waals surface area contributed by atoms with E-state index in [1.165, 1.54) is 0 Å². The van der Waals surface area contributed by atoms with Crippen molar-refractivity contribution in [1.82, 2.24) is 4.90 Å². The molecule has 0 aromatic heterocycles. The van der Waals surface area contributed by atoms with Gasteiger partial charge >= 0.3 is 0 Å². The molecule has 1 rings (SSSR count). The number of likely N-dealkylation sites (tertiary alicyclic amines) is 1. The molecule has 0 amide bonds. The molecule has 1 heterocycles. The summed E-state index contributed by atoms with van der Waals surface area (Å²) in [6.07, 6.45) is 1.68. The predicted molar refractivity (Wildman–Crippen MR) is 43.4 cm³/mol. The van der Waals surface area contributed by atoms with Gasteiger partial charge < -0.3 is 15.1 Å². The summed E-state index contributed by atoms with van der Waals surface area (Å²) in [7, 11) is 0. The maximum Gasteiger partial charge on any atom is 0.0758 e. The molecule has 1 aliphatic heterocycles. The van der Waals surface area contributed by atoms with Crippen LogP contribution in [0, 0.1) is 0 Å². The highest BCUT2D eigenvalue weighted by Crippen LogP contribution is 2.19. The van der Waals surface area contributed by atoms with Gasteiger partial charge in [0.1, 0.15) is 0 Å². The van der Waals surface area contributed by atoms with Gasteiger partial charge in [0, 0.05) is 26.2 Å². The smallest absolute Gasteiger partial charge is 0.0758 e. The standard InChI is InChI=1S/C8H17NO2/c1-8(11)3-5-9(7-8)4-2-6-10/h10-11H,2-7H2,1H3. The minimum absolute atomic E-state index is 0.249. The Hall–Kier alpha value is -0.120. The van der Waals surface area contributed by atoms with E-state index in [4.69, 9.17) is 5.11 Å². The molecule has 1 atom stereocenters. The summed E-state index contributed by atoms with van der Waals surface area (Å²) in [6, 6.07) is 0. The highest BCUT2D eigenvalue weighted by Gasteiger charge is 2.30. The van der Waals surface area contributed by atoms with E-state index in [0.29, 0.717) is 0 Å². The van der Waals surface area contributed by atoms with Crippen molar-refractivity contribution in [3.8, 4) is 0 Å². The van der Waals surface area contributed by atoms with Crippen LogP contribution in [0.15, 0.2) is 0 Å². The average molecular weight is 159 g/mol. The van der Waals surface area contributed by atoms with Crippen LogP contribution in [-0.2, 0) is 0 Å². The Labute approximate surface area is 67.6 Å². The number of aliphatic hydroxyl groups excluding tert-OH is 1. The second-order valence-electron chi connectivity index (χ2n) is 3.60. The van der Waals surface area contributed by atoms with Crippen LogP contribution in [0.1, 0.15) is 19.8 Å². The molecule has 1 unspecified atom stereocenters. The molecule has 0 aliphatic carbocycles. The van der Waals surface area contributed by atoms with E-state index in [9.17, 15) is 5.11 Å². The second kappa shape index (κ2) is 3.52. The van der Waals surface area contributed by atoms with Crippen LogP contribution in [0.3, 0.4) is 0 Å². The van der Waals surface area contributed by atoms with Crippen molar-refractivity contribution >= 4 is 0 Å². The number of nitrogens with zero attached hydrogens (tertiary/aromatic N) is 1. The molecule has 1 aliphatic rings. The fraction of sp³-hybridized carbons (Fsp3) is 1.00. The van der Waals surface area contributed by atoms with E-state index in [1.54, 1.807) is 0 Å². The molecule has 1 fully saturated rings. The third kappa shape index (κ3) is 2.77. The largest absolute Gasteiger partial charge is 0.396 e. The van der Waals surface area contributed by atoms with E-state index in [0.717, 1.165) is 32.5 Å². The van der Waals surface area contributed by atoms with Crippen molar-refractivity contribution in [2.45, 2.75) is 25.4 Å². The zero-order valence-corrected chi connectivity index (χ0v) is 7.08. The monoisotopic (exact) mass is 159 g/mol. The summed E-state index contributed by atoms with van der Waals surface area (Å²) in [4.78, 5) is 2.19. The molecule has 0 bridgehead atoms. The number of rotatable bonds is 3. The summed E-state index contributed by atoms with van der Waals surface area (Å²) in [5, 5.41) is 18.1. The summed E-state index contributed by atoms with van der Waals surface area (Å²) in [5.74, 6) is 0. The Bertz CT molecular complexity index is 125. The molecule has 0 saturated carbocycles. The topological polar surface area (TPSA) is 43.7 Å². The van der Waals surface area contributed by atoms with Crippen molar-refractivity contribution in [1.29, 1.82) is 0 Å². The first-order chi connectivity index (χ1) is 5.14. The first-order valence-electron chi connectivity index (χ1n) is 4.20. The molecular formula is C8H17NO2. The first kappa shape index (κ1) is 8.97. The van der Waals surface area contributed by atoms with Gasteiger partial charge in [-0.25, -0.2) is 0 Å². The number of aliphatic hydroxyl groups is 2. The van der Waals surface area contributed by atoms with Crippen LogP contribution in [0.2, 0.25) is 0 Å². The lowest BCUT2D eigenvalue weighted by atomic mass is 10.1. The molecule has 66 valence electrons. The Morgan fingerprint density at radius 3 is 2.73 bits per heavy atom. The molecule has 0 spiro atoms. The van der Waals surface area contributed by atoms with Gasteiger partial charge in [0.2, 0.25) is 0 Å². The van der Waals surface area contributed by atoms with Gasteiger partial charge in [-0.05, 0) is 19.8 Å². The molecule has 1 saturated heterocycles. The van der Waals surface area contributed by atoms with Gasteiger partial charge in [-0.1, -0.05) is 0 Å². The van der Waals surface area contributed by atoms with Crippen LogP contribution >= 0.6 is 0 Å². The van der Waals surface area contributed by atoms with Gasteiger partial charge in [0.25, 0.3) is 0 Å².